The van der Waals surface area contributed by atoms with Crippen LogP contribution < -0.4 is 4.72 Å². The summed E-state index contributed by atoms with van der Waals surface area (Å²) in [6, 6.07) is 3.90. The third-order valence-corrected chi connectivity index (χ3v) is 5.19. The van der Waals surface area contributed by atoms with Crippen LogP contribution in [0, 0.1) is 0 Å². The molecule has 7 heteroatoms. The van der Waals surface area contributed by atoms with Crippen molar-refractivity contribution in [3.63, 3.8) is 0 Å². The van der Waals surface area contributed by atoms with Gasteiger partial charge in [0.15, 0.2) is 0 Å². The van der Waals surface area contributed by atoms with Gasteiger partial charge in [-0.05, 0) is 37.8 Å². The van der Waals surface area contributed by atoms with Crippen LogP contribution in [-0.2, 0) is 21.3 Å². The molecule has 0 amide bonds. The quantitative estimate of drug-likeness (QED) is 0.883. The molecule has 0 bridgehead atoms. The van der Waals surface area contributed by atoms with E-state index in [2.05, 4.69) is 9.62 Å². The van der Waals surface area contributed by atoms with Crippen molar-refractivity contribution in [2.24, 2.45) is 0 Å². The van der Waals surface area contributed by atoms with Gasteiger partial charge in [0.2, 0.25) is 10.0 Å². The molecule has 1 aromatic heterocycles. The van der Waals surface area contributed by atoms with Crippen LogP contribution in [0.2, 0.25) is 0 Å². The van der Waals surface area contributed by atoms with Crippen molar-refractivity contribution in [2.75, 3.05) is 25.9 Å². The summed E-state index contributed by atoms with van der Waals surface area (Å²) < 4.78 is 36.7. The number of rotatable bonds is 5. The van der Waals surface area contributed by atoms with Crippen molar-refractivity contribution in [2.45, 2.75) is 43.9 Å². The SMILES string of the molecule is CS(=O)(=O)NC[C@H]1CCC[C@]2(CCN(Cc3ccco3)C2)O1. The Balaban J connectivity index is 1.55. The number of hydrogen-bond donors (Lipinski definition) is 1. The maximum atomic E-state index is 11.2. The molecular weight excluding hydrogens is 304 g/mol. The molecule has 3 heterocycles. The molecule has 0 unspecified atom stereocenters. The lowest BCUT2D eigenvalue weighted by Gasteiger charge is -2.38. The second-order valence-corrected chi connectivity index (χ2v) is 8.31. The second kappa shape index (κ2) is 6.31. The standard InChI is InChI=1S/C15H24N2O4S/c1-22(18,19)16-10-13-4-2-6-15(21-13)7-8-17(12-15)11-14-5-3-9-20-14/h3,5,9,13,16H,2,4,6-8,10-12H2,1H3/t13-,15-/m1/s1. The lowest BCUT2D eigenvalue weighted by atomic mass is 9.90. The number of furan rings is 1. The van der Waals surface area contributed by atoms with E-state index in [4.69, 9.17) is 9.15 Å². The van der Waals surface area contributed by atoms with Gasteiger partial charge in [-0.15, -0.1) is 0 Å². The van der Waals surface area contributed by atoms with Gasteiger partial charge < -0.3 is 9.15 Å². The maximum Gasteiger partial charge on any atom is 0.208 e. The summed E-state index contributed by atoms with van der Waals surface area (Å²) >= 11 is 0. The summed E-state index contributed by atoms with van der Waals surface area (Å²) in [7, 11) is -3.16. The van der Waals surface area contributed by atoms with E-state index in [9.17, 15) is 8.42 Å². The summed E-state index contributed by atoms with van der Waals surface area (Å²) in [6.07, 6.45) is 6.93. The highest BCUT2D eigenvalue weighted by atomic mass is 32.2. The van der Waals surface area contributed by atoms with Crippen molar-refractivity contribution < 1.29 is 17.6 Å². The zero-order chi connectivity index (χ0) is 15.6. The highest BCUT2D eigenvalue weighted by Crippen LogP contribution is 2.37. The molecule has 0 aliphatic carbocycles. The molecular formula is C15H24N2O4S. The van der Waals surface area contributed by atoms with Gasteiger partial charge in [-0.3, -0.25) is 4.90 Å². The molecule has 124 valence electrons. The Hall–Kier alpha value is -0.890. The first-order valence-electron chi connectivity index (χ1n) is 7.81. The van der Waals surface area contributed by atoms with Gasteiger partial charge in [-0.2, -0.15) is 0 Å². The molecule has 0 saturated carbocycles. The minimum absolute atomic E-state index is 0.0213. The normalized spacial score (nSPS) is 30.1. The number of likely N-dealkylation sites (tertiary alicyclic amines) is 1. The summed E-state index contributed by atoms with van der Waals surface area (Å²) in [5.74, 6) is 0.975. The van der Waals surface area contributed by atoms with Crippen LogP contribution in [-0.4, -0.2) is 50.9 Å². The van der Waals surface area contributed by atoms with Crippen LogP contribution in [0.3, 0.4) is 0 Å². The van der Waals surface area contributed by atoms with E-state index in [0.29, 0.717) is 6.54 Å². The Bertz CT molecular complexity index is 587. The summed E-state index contributed by atoms with van der Waals surface area (Å²) in [5, 5.41) is 0. The monoisotopic (exact) mass is 328 g/mol. The van der Waals surface area contributed by atoms with Gasteiger partial charge in [0.25, 0.3) is 0 Å². The summed E-state index contributed by atoms with van der Waals surface area (Å²) in [4.78, 5) is 2.35. The zero-order valence-corrected chi connectivity index (χ0v) is 13.8. The van der Waals surface area contributed by atoms with Gasteiger partial charge >= 0.3 is 0 Å². The molecule has 2 atom stereocenters. The van der Waals surface area contributed by atoms with Crippen molar-refractivity contribution >= 4 is 10.0 Å². The first-order valence-corrected chi connectivity index (χ1v) is 9.71. The summed E-state index contributed by atoms with van der Waals surface area (Å²) in [6.45, 7) is 3.07. The molecule has 2 aliphatic rings. The van der Waals surface area contributed by atoms with Gasteiger partial charge in [0, 0.05) is 19.6 Å². The molecule has 2 fully saturated rings. The highest BCUT2D eigenvalue weighted by molar-refractivity contribution is 7.88. The van der Waals surface area contributed by atoms with E-state index in [1.165, 1.54) is 6.26 Å². The first-order chi connectivity index (χ1) is 10.4. The highest BCUT2D eigenvalue weighted by Gasteiger charge is 2.43. The van der Waals surface area contributed by atoms with Crippen molar-refractivity contribution in [3.05, 3.63) is 24.2 Å². The molecule has 0 aromatic carbocycles. The van der Waals surface area contributed by atoms with E-state index >= 15 is 0 Å². The second-order valence-electron chi connectivity index (χ2n) is 6.48. The number of ether oxygens (including phenoxy) is 1. The molecule has 0 radical (unpaired) electrons. The Morgan fingerprint density at radius 1 is 1.45 bits per heavy atom. The van der Waals surface area contributed by atoms with Crippen molar-refractivity contribution in [3.8, 4) is 0 Å². The van der Waals surface area contributed by atoms with Crippen molar-refractivity contribution in [1.29, 1.82) is 0 Å². The molecule has 2 saturated heterocycles. The van der Waals surface area contributed by atoms with E-state index < -0.39 is 10.0 Å². The molecule has 2 aliphatic heterocycles. The Labute approximate surface area is 131 Å². The fourth-order valence-electron chi connectivity index (χ4n) is 3.50. The van der Waals surface area contributed by atoms with Gasteiger partial charge in [0.1, 0.15) is 5.76 Å². The van der Waals surface area contributed by atoms with Crippen LogP contribution in [0.5, 0.6) is 0 Å². The number of nitrogens with zero attached hydrogens (tertiary/aromatic N) is 1. The predicted molar refractivity (Wildman–Crippen MR) is 82.9 cm³/mol. The minimum Gasteiger partial charge on any atom is -0.468 e. The van der Waals surface area contributed by atoms with Gasteiger partial charge in [-0.1, -0.05) is 0 Å². The third kappa shape index (κ3) is 4.10. The van der Waals surface area contributed by atoms with E-state index in [1.54, 1.807) is 6.26 Å². The molecule has 22 heavy (non-hydrogen) atoms. The van der Waals surface area contributed by atoms with Crippen molar-refractivity contribution in [1.82, 2.24) is 9.62 Å². The van der Waals surface area contributed by atoms with Crippen LogP contribution >= 0.6 is 0 Å². The van der Waals surface area contributed by atoms with E-state index in [1.807, 2.05) is 12.1 Å². The minimum atomic E-state index is -3.16. The Morgan fingerprint density at radius 2 is 2.32 bits per heavy atom. The Kier molecular flexibility index (Phi) is 4.59. The van der Waals surface area contributed by atoms with Crippen LogP contribution in [0.25, 0.3) is 0 Å². The molecule has 3 rings (SSSR count). The predicted octanol–water partition coefficient (Wildman–Crippen LogP) is 1.34. The lowest BCUT2D eigenvalue weighted by Crippen LogP contribution is -2.46. The number of nitrogens with one attached hydrogen (secondary N) is 1. The fraction of sp³-hybridized carbons (Fsp3) is 0.733. The van der Waals surface area contributed by atoms with Crippen LogP contribution in [0.4, 0.5) is 0 Å². The maximum absolute atomic E-state index is 11.2. The molecule has 1 spiro atoms. The van der Waals surface area contributed by atoms with E-state index in [0.717, 1.165) is 51.1 Å². The van der Waals surface area contributed by atoms with Crippen LogP contribution in [0.15, 0.2) is 22.8 Å². The fourth-order valence-corrected chi connectivity index (χ4v) is 3.99. The molecule has 1 aromatic rings. The largest absolute Gasteiger partial charge is 0.468 e. The average molecular weight is 328 g/mol. The zero-order valence-electron chi connectivity index (χ0n) is 13.0. The number of sulfonamides is 1. The van der Waals surface area contributed by atoms with Gasteiger partial charge in [-0.25, -0.2) is 13.1 Å². The molecule has 6 nitrogen and oxygen atoms in total. The average Bonchev–Trinajstić information content (AvgIpc) is 3.08. The van der Waals surface area contributed by atoms with Gasteiger partial charge in [0.05, 0.1) is 30.8 Å². The third-order valence-electron chi connectivity index (χ3n) is 4.50. The first kappa shape index (κ1) is 16.0. The van der Waals surface area contributed by atoms with Crippen LogP contribution in [0.1, 0.15) is 31.4 Å². The lowest BCUT2D eigenvalue weighted by molar-refractivity contribution is -0.118. The topological polar surface area (TPSA) is 71.8 Å². The Morgan fingerprint density at radius 3 is 3.05 bits per heavy atom. The molecule has 1 N–H and O–H groups in total. The smallest absolute Gasteiger partial charge is 0.208 e. The van der Waals surface area contributed by atoms with E-state index in [-0.39, 0.29) is 11.7 Å². The number of hydrogen-bond acceptors (Lipinski definition) is 5. The summed E-state index contributed by atoms with van der Waals surface area (Å²) in [5.41, 5.74) is -0.116.